The quantitative estimate of drug-likeness (QED) is 0.713. The summed E-state index contributed by atoms with van der Waals surface area (Å²) in [6.45, 7) is 4.07. The third-order valence-corrected chi connectivity index (χ3v) is 3.93. The molecule has 3 unspecified atom stereocenters. The lowest BCUT2D eigenvalue weighted by molar-refractivity contribution is 0.0440. The van der Waals surface area contributed by atoms with E-state index in [4.69, 9.17) is 5.73 Å². The number of rotatable bonds is 1. The van der Waals surface area contributed by atoms with Gasteiger partial charge in [0.15, 0.2) is 0 Å². The summed E-state index contributed by atoms with van der Waals surface area (Å²) in [5.74, 6) is 0.482. The van der Waals surface area contributed by atoms with Crippen LogP contribution in [0.3, 0.4) is 0 Å². The Bertz CT molecular complexity index is 373. The molecule has 0 fully saturated rings. The lowest BCUT2D eigenvalue weighted by Gasteiger charge is -2.24. The molecular formula is C14H21NO. The Hall–Kier alpha value is -0.860. The molecule has 0 radical (unpaired) electrons. The number of hydrogen-bond donors (Lipinski definition) is 2. The van der Waals surface area contributed by atoms with Crippen molar-refractivity contribution in [3.8, 4) is 0 Å². The molecule has 0 heterocycles. The molecule has 3 N–H and O–H groups in total. The summed E-state index contributed by atoms with van der Waals surface area (Å²) in [6.07, 6.45) is 2.88. The fourth-order valence-electron chi connectivity index (χ4n) is 2.77. The van der Waals surface area contributed by atoms with Gasteiger partial charge in [0.25, 0.3) is 0 Å². The first-order valence-electron chi connectivity index (χ1n) is 6.13. The molecule has 88 valence electrons. The first-order chi connectivity index (χ1) is 7.56. The van der Waals surface area contributed by atoms with E-state index in [1.165, 1.54) is 0 Å². The molecule has 1 aromatic carbocycles. The van der Waals surface area contributed by atoms with E-state index in [1.54, 1.807) is 0 Å². The average molecular weight is 219 g/mol. The van der Waals surface area contributed by atoms with Crippen molar-refractivity contribution in [1.29, 1.82) is 0 Å². The fraction of sp³-hybridized carbons (Fsp3) is 0.571. The van der Waals surface area contributed by atoms with Gasteiger partial charge in [-0.15, -0.1) is 0 Å². The van der Waals surface area contributed by atoms with Gasteiger partial charge in [-0.05, 0) is 36.8 Å². The summed E-state index contributed by atoms with van der Waals surface area (Å²) < 4.78 is 0. The molecule has 0 amide bonds. The van der Waals surface area contributed by atoms with Gasteiger partial charge in [0, 0.05) is 6.04 Å². The summed E-state index contributed by atoms with van der Waals surface area (Å²) >= 11 is 0. The maximum Gasteiger partial charge on any atom is 0.0871 e. The zero-order chi connectivity index (χ0) is 11.8. The lowest BCUT2D eigenvalue weighted by atomic mass is 9.88. The van der Waals surface area contributed by atoms with Gasteiger partial charge in [-0.25, -0.2) is 0 Å². The topological polar surface area (TPSA) is 46.2 Å². The van der Waals surface area contributed by atoms with Crippen molar-refractivity contribution in [2.24, 2.45) is 11.7 Å². The van der Waals surface area contributed by atoms with Crippen LogP contribution in [-0.4, -0.2) is 5.11 Å². The highest BCUT2D eigenvalue weighted by Gasteiger charge is 2.34. The van der Waals surface area contributed by atoms with Crippen molar-refractivity contribution in [3.63, 3.8) is 0 Å². The Labute approximate surface area is 97.5 Å². The minimum atomic E-state index is -0.724. The van der Waals surface area contributed by atoms with E-state index < -0.39 is 5.60 Å². The van der Waals surface area contributed by atoms with Crippen molar-refractivity contribution in [3.05, 3.63) is 35.4 Å². The first kappa shape index (κ1) is 11.6. The number of benzene rings is 1. The number of nitrogens with two attached hydrogens (primary N) is 1. The van der Waals surface area contributed by atoms with Crippen LogP contribution in [0.25, 0.3) is 0 Å². The van der Waals surface area contributed by atoms with Gasteiger partial charge in [-0.1, -0.05) is 37.6 Å². The van der Waals surface area contributed by atoms with Crippen molar-refractivity contribution in [1.82, 2.24) is 0 Å². The third-order valence-electron chi connectivity index (χ3n) is 3.93. The van der Waals surface area contributed by atoms with Crippen LogP contribution >= 0.6 is 0 Å². The van der Waals surface area contributed by atoms with Crippen LogP contribution in [0.4, 0.5) is 0 Å². The van der Waals surface area contributed by atoms with Crippen molar-refractivity contribution in [2.75, 3.05) is 0 Å². The zero-order valence-corrected chi connectivity index (χ0v) is 10.1. The summed E-state index contributed by atoms with van der Waals surface area (Å²) in [5.41, 5.74) is 7.72. The maximum absolute atomic E-state index is 10.5. The Morgan fingerprint density at radius 3 is 2.81 bits per heavy atom. The van der Waals surface area contributed by atoms with Crippen LogP contribution in [0.5, 0.6) is 0 Å². The van der Waals surface area contributed by atoms with Crippen LogP contribution in [0.15, 0.2) is 24.3 Å². The second kappa shape index (κ2) is 4.19. The van der Waals surface area contributed by atoms with Gasteiger partial charge in [-0.3, -0.25) is 0 Å². The molecule has 1 aromatic rings. The fourth-order valence-corrected chi connectivity index (χ4v) is 2.77. The maximum atomic E-state index is 10.5. The molecular weight excluding hydrogens is 198 g/mol. The van der Waals surface area contributed by atoms with Crippen LogP contribution in [-0.2, 0) is 5.60 Å². The monoisotopic (exact) mass is 219 g/mol. The van der Waals surface area contributed by atoms with E-state index in [9.17, 15) is 5.11 Å². The largest absolute Gasteiger partial charge is 0.385 e. The number of aliphatic hydroxyl groups is 1. The van der Waals surface area contributed by atoms with Crippen molar-refractivity contribution < 1.29 is 5.11 Å². The molecule has 2 rings (SSSR count). The molecule has 0 spiro atoms. The standard InChI is InChI=1S/C14H21NO/c1-3-10-8-9-14(2,16)12-7-5-4-6-11(12)13(10)15/h4-7,10,13,16H,3,8-9,15H2,1-2H3. The molecule has 0 saturated carbocycles. The van der Waals surface area contributed by atoms with Crippen LogP contribution in [0.2, 0.25) is 0 Å². The highest BCUT2D eigenvalue weighted by atomic mass is 16.3. The summed E-state index contributed by atoms with van der Waals surface area (Å²) in [7, 11) is 0. The van der Waals surface area contributed by atoms with Gasteiger partial charge in [-0.2, -0.15) is 0 Å². The molecule has 16 heavy (non-hydrogen) atoms. The minimum Gasteiger partial charge on any atom is -0.385 e. The Morgan fingerprint density at radius 2 is 2.12 bits per heavy atom. The summed E-state index contributed by atoms with van der Waals surface area (Å²) in [6, 6.07) is 8.12. The highest BCUT2D eigenvalue weighted by Crippen LogP contribution is 2.40. The van der Waals surface area contributed by atoms with Gasteiger partial charge in [0.1, 0.15) is 0 Å². The molecule has 2 nitrogen and oxygen atoms in total. The minimum absolute atomic E-state index is 0.0650. The predicted molar refractivity (Wildman–Crippen MR) is 66.0 cm³/mol. The van der Waals surface area contributed by atoms with E-state index in [0.717, 1.165) is 30.4 Å². The first-order valence-corrected chi connectivity index (χ1v) is 6.13. The zero-order valence-electron chi connectivity index (χ0n) is 10.1. The van der Waals surface area contributed by atoms with E-state index in [0.29, 0.717) is 5.92 Å². The van der Waals surface area contributed by atoms with E-state index >= 15 is 0 Å². The lowest BCUT2D eigenvalue weighted by Crippen LogP contribution is -2.22. The molecule has 3 atom stereocenters. The van der Waals surface area contributed by atoms with Gasteiger partial charge < -0.3 is 10.8 Å². The number of fused-ring (bicyclic) bond motifs is 1. The molecule has 0 aliphatic heterocycles. The molecule has 2 heteroatoms. The Morgan fingerprint density at radius 1 is 1.44 bits per heavy atom. The molecule has 1 aliphatic rings. The van der Waals surface area contributed by atoms with Gasteiger partial charge >= 0.3 is 0 Å². The van der Waals surface area contributed by atoms with Crippen molar-refractivity contribution in [2.45, 2.75) is 44.8 Å². The molecule has 0 saturated heterocycles. The SMILES string of the molecule is CCC1CCC(C)(O)c2ccccc2C1N. The Balaban J connectivity index is 2.50. The van der Waals surface area contributed by atoms with Crippen LogP contribution < -0.4 is 5.73 Å². The summed E-state index contributed by atoms with van der Waals surface area (Å²) in [4.78, 5) is 0. The third kappa shape index (κ3) is 1.87. The van der Waals surface area contributed by atoms with E-state index in [-0.39, 0.29) is 6.04 Å². The second-order valence-corrected chi connectivity index (χ2v) is 5.09. The molecule has 0 bridgehead atoms. The van der Waals surface area contributed by atoms with E-state index in [1.807, 2.05) is 25.1 Å². The Kier molecular flexibility index (Phi) is 3.04. The smallest absolute Gasteiger partial charge is 0.0871 e. The van der Waals surface area contributed by atoms with Crippen molar-refractivity contribution >= 4 is 0 Å². The van der Waals surface area contributed by atoms with E-state index in [2.05, 4.69) is 13.0 Å². The van der Waals surface area contributed by atoms with Gasteiger partial charge in [0.2, 0.25) is 0 Å². The summed E-state index contributed by atoms with van der Waals surface area (Å²) in [5, 5.41) is 10.5. The average Bonchev–Trinajstić information content (AvgIpc) is 2.37. The normalized spacial score (nSPS) is 34.2. The highest BCUT2D eigenvalue weighted by molar-refractivity contribution is 5.35. The van der Waals surface area contributed by atoms with Gasteiger partial charge in [0.05, 0.1) is 5.60 Å². The predicted octanol–water partition coefficient (Wildman–Crippen LogP) is 2.71. The second-order valence-electron chi connectivity index (χ2n) is 5.09. The van der Waals surface area contributed by atoms with Crippen LogP contribution in [0, 0.1) is 5.92 Å². The molecule has 1 aliphatic carbocycles. The van der Waals surface area contributed by atoms with Crippen LogP contribution in [0.1, 0.15) is 50.3 Å². The number of hydrogen-bond acceptors (Lipinski definition) is 2. The molecule has 0 aromatic heterocycles.